The second kappa shape index (κ2) is 4.95. The summed E-state index contributed by atoms with van der Waals surface area (Å²) in [6.07, 6.45) is 0. The molecular formula is C12H12ClNO. The summed E-state index contributed by atoms with van der Waals surface area (Å²) in [5.74, 6) is -0.868. The number of carbonyl (C=O) groups excluding carboxylic acids is 1. The first-order chi connectivity index (χ1) is 7.06. The highest BCUT2D eigenvalue weighted by molar-refractivity contribution is 6.30. The normalized spacial score (nSPS) is 12.2. The number of ketones is 1. The number of halogens is 1. The Balaban J connectivity index is 2.99. The van der Waals surface area contributed by atoms with Gasteiger partial charge in [-0.05, 0) is 17.7 Å². The van der Waals surface area contributed by atoms with E-state index in [1.165, 1.54) is 0 Å². The number of hydrogen-bond acceptors (Lipinski definition) is 2. The molecule has 0 heterocycles. The zero-order chi connectivity index (χ0) is 11.4. The first-order valence-corrected chi connectivity index (χ1v) is 5.13. The molecule has 3 heteroatoms. The molecule has 0 fully saturated rings. The third-order valence-corrected chi connectivity index (χ3v) is 2.44. The number of rotatable bonds is 3. The number of nitrogens with zero attached hydrogens (tertiary/aromatic N) is 1. The molecule has 0 N–H and O–H groups in total. The van der Waals surface area contributed by atoms with Crippen LogP contribution in [0.3, 0.4) is 0 Å². The first-order valence-electron chi connectivity index (χ1n) is 4.75. The van der Waals surface area contributed by atoms with Gasteiger partial charge in [0.25, 0.3) is 0 Å². The summed E-state index contributed by atoms with van der Waals surface area (Å²) in [6, 6.07) is 8.84. The highest BCUT2D eigenvalue weighted by Crippen LogP contribution is 2.21. The van der Waals surface area contributed by atoms with E-state index < -0.39 is 5.92 Å². The fourth-order valence-electron chi connectivity index (χ4n) is 1.29. The van der Waals surface area contributed by atoms with Gasteiger partial charge in [0, 0.05) is 10.9 Å². The van der Waals surface area contributed by atoms with Gasteiger partial charge in [-0.3, -0.25) is 4.79 Å². The number of Topliss-reactive ketones (excluding diaryl/α,β-unsaturated/α-hetero) is 1. The third kappa shape index (κ3) is 2.81. The number of carbonyl (C=O) groups is 1. The minimum atomic E-state index is -0.678. The van der Waals surface area contributed by atoms with Crippen molar-refractivity contribution in [3.05, 3.63) is 34.9 Å². The van der Waals surface area contributed by atoms with E-state index in [0.29, 0.717) is 10.6 Å². The molecule has 1 aromatic rings. The average Bonchev–Trinajstić information content (AvgIpc) is 2.21. The Morgan fingerprint density at radius 2 is 1.87 bits per heavy atom. The van der Waals surface area contributed by atoms with E-state index in [1.54, 1.807) is 38.1 Å². The molecule has 1 rings (SSSR count). The van der Waals surface area contributed by atoms with Gasteiger partial charge in [0.2, 0.25) is 0 Å². The molecule has 0 aliphatic rings. The van der Waals surface area contributed by atoms with Crippen molar-refractivity contribution < 1.29 is 4.79 Å². The van der Waals surface area contributed by atoms with Gasteiger partial charge in [0.15, 0.2) is 5.78 Å². The van der Waals surface area contributed by atoms with Crippen LogP contribution in [0.4, 0.5) is 0 Å². The van der Waals surface area contributed by atoms with Crippen LogP contribution in [0.2, 0.25) is 5.02 Å². The highest BCUT2D eigenvalue weighted by atomic mass is 35.5. The number of benzene rings is 1. The minimum Gasteiger partial charge on any atom is -0.298 e. The molecule has 1 atom stereocenters. The molecule has 0 aromatic heterocycles. The Morgan fingerprint density at radius 1 is 1.33 bits per heavy atom. The van der Waals surface area contributed by atoms with Crippen molar-refractivity contribution >= 4 is 17.4 Å². The zero-order valence-electron chi connectivity index (χ0n) is 8.70. The van der Waals surface area contributed by atoms with E-state index in [4.69, 9.17) is 16.9 Å². The van der Waals surface area contributed by atoms with Gasteiger partial charge in [-0.2, -0.15) is 5.26 Å². The summed E-state index contributed by atoms with van der Waals surface area (Å²) in [5, 5.41) is 9.57. The van der Waals surface area contributed by atoms with Crippen LogP contribution < -0.4 is 0 Å². The lowest BCUT2D eigenvalue weighted by Gasteiger charge is -2.10. The lowest BCUT2D eigenvalue weighted by molar-refractivity contribution is -0.122. The van der Waals surface area contributed by atoms with Crippen molar-refractivity contribution in [1.82, 2.24) is 0 Å². The zero-order valence-corrected chi connectivity index (χ0v) is 9.45. The fourth-order valence-corrected chi connectivity index (χ4v) is 1.42. The van der Waals surface area contributed by atoms with Crippen molar-refractivity contribution in [1.29, 1.82) is 5.26 Å². The molecule has 0 radical (unpaired) electrons. The molecule has 0 aliphatic heterocycles. The maximum absolute atomic E-state index is 11.7. The SMILES string of the molecule is CC(C)C(=O)C(C#N)c1ccc(Cl)cc1. The summed E-state index contributed by atoms with van der Waals surface area (Å²) in [5.41, 5.74) is 0.709. The van der Waals surface area contributed by atoms with Gasteiger partial charge in [-0.25, -0.2) is 0 Å². The molecule has 0 amide bonds. The second-order valence-corrected chi connectivity index (χ2v) is 4.11. The lowest BCUT2D eigenvalue weighted by atomic mass is 9.90. The molecule has 0 aliphatic carbocycles. The van der Waals surface area contributed by atoms with Crippen LogP contribution in [-0.2, 0) is 4.79 Å². The molecule has 0 saturated heterocycles. The molecule has 15 heavy (non-hydrogen) atoms. The summed E-state index contributed by atoms with van der Waals surface area (Å²) in [7, 11) is 0. The second-order valence-electron chi connectivity index (χ2n) is 3.67. The van der Waals surface area contributed by atoms with E-state index in [1.807, 2.05) is 6.07 Å². The quantitative estimate of drug-likeness (QED) is 0.787. The van der Waals surface area contributed by atoms with Crippen molar-refractivity contribution in [3.63, 3.8) is 0 Å². The summed E-state index contributed by atoms with van der Waals surface area (Å²) < 4.78 is 0. The van der Waals surface area contributed by atoms with Crippen LogP contribution in [0, 0.1) is 17.2 Å². The van der Waals surface area contributed by atoms with Crippen molar-refractivity contribution in [2.24, 2.45) is 5.92 Å². The Hall–Kier alpha value is -1.33. The summed E-state index contributed by atoms with van der Waals surface area (Å²) >= 11 is 5.73. The molecule has 1 unspecified atom stereocenters. The van der Waals surface area contributed by atoms with E-state index in [9.17, 15) is 4.79 Å². The standard InChI is InChI=1S/C12H12ClNO/c1-8(2)12(15)11(7-14)9-3-5-10(13)6-4-9/h3-6,8,11H,1-2H3. The Morgan fingerprint density at radius 3 is 2.27 bits per heavy atom. The predicted molar refractivity (Wildman–Crippen MR) is 59.7 cm³/mol. The topological polar surface area (TPSA) is 40.9 Å². The van der Waals surface area contributed by atoms with Gasteiger partial charge < -0.3 is 0 Å². The molecule has 78 valence electrons. The average molecular weight is 222 g/mol. The van der Waals surface area contributed by atoms with Crippen molar-refractivity contribution in [2.75, 3.05) is 0 Å². The molecular weight excluding hydrogens is 210 g/mol. The molecule has 1 aromatic carbocycles. The number of nitriles is 1. The highest BCUT2D eigenvalue weighted by Gasteiger charge is 2.22. The van der Waals surface area contributed by atoms with Gasteiger partial charge in [0.05, 0.1) is 6.07 Å². The maximum atomic E-state index is 11.7. The maximum Gasteiger partial charge on any atom is 0.156 e. The Labute approximate surface area is 94.5 Å². The smallest absolute Gasteiger partial charge is 0.156 e. The van der Waals surface area contributed by atoms with Crippen LogP contribution >= 0.6 is 11.6 Å². The predicted octanol–water partition coefficient (Wildman–Crippen LogP) is 3.17. The number of hydrogen-bond donors (Lipinski definition) is 0. The van der Waals surface area contributed by atoms with Crippen LogP contribution in [0.1, 0.15) is 25.3 Å². The molecule has 0 spiro atoms. The van der Waals surface area contributed by atoms with E-state index >= 15 is 0 Å². The van der Waals surface area contributed by atoms with Gasteiger partial charge >= 0.3 is 0 Å². The fraction of sp³-hybridized carbons (Fsp3) is 0.333. The van der Waals surface area contributed by atoms with Crippen molar-refractivity contribution in [2.45, 2.75) is 19.8 Å². The third-order valence-electron chi connectivity index (χ3n) is 2.19. The first kappa shape index (κ1) is 11.7. The molecule has 2 nitrogen and oxygen atoms in total. The summed E-state index contributed by atoms with van der Waals surface area (Å²) in [4.78, 5) is 11.7. The van der Waals surface area contributed by atoms with Gasteiger partial charge in [-0.15, -0.1) is 0 Å². The van der Waals surface area contributed by atoms with E-state index in [0.717, 1.165) is 0 Å². The van der Waals surface area contributed by atoms with Gasteiger partial charge in [-0.1, -0.05) is 37.6 Å². The van der Waals surface area contributed by atoms with Gasteiger partial charge in [0.1, 0.15) is 5.92 Å². The van der Waals surface area contributed by atoms with Crippen LogP contribution in [0.5, 0.6) is 0 Å². The largest absolute Gasteiger partial charge is 0.298 e. The minimum absolute atomic E-state index is 0.0557. The lowest BCUT2D eigenvalue weighted by Crippen LogP contribution is -2.16. The Kier molecular flexibility index (Phi) is 3.88. The van der Waals surface area contributed by atoms with Crippen LogP contribution in [0.15, 0.2) is 24.3 Å². The molecule has 0 bridgehead atoms. The van der Waals surface area contributed by atoms with E-state index in [2.05, 4.69) is 0 Å². The molecule has 0 saturated carbocycles. The summed E-state index contributed by atoms with van der Waals surface area (Å²) in [6.45, 7) is 3.59. The van der Waals surface area contributed by atoms with Crippen molar-refractivity contribution in [3.8, 4) is 6.07 Å². The monoisotopic (exact) mass is 221 g/mol. The van der Waals surface area contributed by atoms with E-state index in [-0.39, 0.29) is 11.7 Å². The van der Waals surface area contributed by atoms with Crippen LogP contribution in [0.25, 0.3) is 0 Å². The van der Waals surface area contributed by atoms with Crippen LogP contribution in [-0.4, -0.2) is 5.78 Å². The Bertz CT molecular complexity index is 389.